The van der Waals surface area contributed by atoms with Crippen LogP contribution in [0.4, 0.5) is 0 Å². The van der Waals surface area contributed by atoms with E-state index in [1.165, 1.54) is 6.08 Å². The molecule has 1 aromatic heterocycles. The highest BCUT2D eigenvalue weighted by atomic mass is 16.1. The zero-order valence-electron chi connectivity index (χ0n) is 28.4. The molecular weight excluding hydrogens is 631 g/mol. The van der Waals surface area contributed by atoms with Crippen LogP contribution in [0.2, 0.25) is 0 Å². The van der Waals surface area contributed by atoms with E-state index in [4.69, 9.17) is 15.3 Å². The lowest BCUT2D eigenvalue weighted by atomic mass is 9.77. The molecule has 3 heterocycles. The average molecular weight is 668 g/mol. The van der Waals surface area contributed by atoms with Crippen molar-refractivity contribution >= 4 is 17.5 Å². The molecule has 0 fully saturated rings. The Bertz CT molecular complexity index is 2140. The molecule has 0 spiro atoms. The third-order valence-electron chi connectivity index (χ3n) is 9.71. The molecule has 0 radical (unpaired) electrons. The second kappa shape index (κ2) is 13.9. The van der Waals surface area contributed by atoms with E-state index in [0.29, 0.717) is 18.2 Å². The maximum Gasteiger partial charge on any atom is 0.271 e. The zero-order valence-corrected chi connectivity index (χ0v) is 28.4. The van der Waals surface area contributed by atoms with Crippen LogP contribution in [0.5, 0.6) is 0 Å². The number of aliphatic imine (C=N–C) groups is 2. The highest BCUT2D eigenvalue weighted by Crippen LogP contribution is 2.43. The molecule has 1 unspecified atom stereocenters. The molecule has 0 saturated carbocycles. The SMILES string of the molecule is CCCCC1N=C2C=CC(=O)N=C2N1Cc1ccc(-c2ccccc2-c2nnnn2C(c2ccccc2)(c2ccccc2)c2ccccc2)cc1. The molecule has 51 heavy (non-hydrogen) atoms. The number of amidine groups is 1. The molecule has 8 rings (SSSR count). The van der Waals surface area contributed by atoms with Crippen LogP contribution in [0.15, 0.2) is 162 Å². The maximum atomic E-state index is 12.2. The van der Waals surface area contributed by atoms with Crippen LogP contribution < -0.4 is 0 Å². The number of dihydropyridines is 1. The molecule has 8 heteroatoms. The van der Waals surface area contributed by atoms with E-state index in [2.05, 4.69) is 131 Å². The number of carbonyl (C=O) groups excluding carboxylic acids is 1. The number of unbranched alkanes of at least 4 members (excludes halogenated alkanes) is 1. The van der Waals surface area contributed by atoms with Crippen LogP contribution >= 0.6 is 0 Å². The highest BCUT2D eigenvalue weighted by Gasteiger charge is 2.42. The third-order valence-corrected chi connectivity index (χ3v) is 9.71. The minimum Gasteiger partial charge on any atom is -0.328 e. The van der Waals surface area contributed by atoms with Crippen molar-refractivity contribution in [3.05, 3.63) is 174 Å². The lowest BCUT2D eigenvalue weighted by Gasteiger charge is -2.36. The summed E-state index contributed by atoms with van der Waals surface area (Å²) in [6.07, 6.45) is 6.30. The summed E-state index contributed by atoms with van der Waals surface area (Å²) in [6.45, 7) is 2.79. The van der Waals surface area contributed by atoms with Crippen LogP contribution in [0.3, 0.4) is 0 Å². The lowest BCUT2D eigenvalue weighted by Crippen LogP contribution is -2.39. The highest BCUT2D eigenvalue weighted by molar-refractivity contribution is 6.50. The van der Waals surface area contributed by atoms with Crippen LogP contribution in [0.1, 0.15) is 48.4 Å². The fraction of sp³-hybridized carbons (Fsp3) is 0.163. The van der Waals surface area contributed by atoms with Gasteiger partial charge in [-0.05, 0) is 62.7 Å². The van der Waals surface area contributed by atoms with Gasteiger partial charge in [0, 0.05) is 18.2 Å². The third kappa shape index (κ3) is 5.88. The number of hydrogen-bond acceptors (Lipinski definition) is 6. The van der Waals surface area contributed by atoms with E-state index in [1.54, 1.807) is 6.08 Å². The van der Waals surface area contributed by atoms with Gasteiger partial charge in [0.25, 0.3) is 5.91 Å². The van der Waals surface area contributed by atoms with Crippen LogP contribution in [0.25, 0.3) is 22.5 Å². The standard InChI is InChI=1S/C43H37N7O/c1-2-3-23-39-44-38-28-29-40(51)45-42(38)49(39)30-31-24-26-32(27-25-31)36-21-13-14-22-37(36)41-46-47-48-50(41)43(33-15-7-4-8-16-33,34-17-9-5-10-18-34)35-19-11-6-12-20-35/h4-22,24-29,39H,2-3,23,30H2,1H3. The Labute approximate surface area is 297 Å². The van der Waals surface area contributed by atoms with Crippen molar-refractivity contribution in [3.63, 3.8) is 0 Å². The summed E-state index contributed by atoms with van der Waals surface area (Å²) in [4.78, 5) is 23.6. The van der Waals surface area contributed by atoms with Gasteiger partial charge in [0.1, 0.15) is 17.4 Å². The minimum atomic E-state index is -0.858. The number of fused-ring (bicyclic) bond motifs is 1. The van der Waals surface area contributed by atoms with E-state index in [0.717, 1.165) is 63.9 Å². The van der Waals surface area contributed by atoms with Crippen LogP contribution in [-0.2, 0) is 16.9 Å². The largest absolute Gasteiger partial charge is 0.328 e. The molecule has 0 saturated heterocycles. The lowest BCUT2D eigenvalue weighted by molar-refractivity contribution is -0.113. The molecule has 2 aliphatic heterocycles. The Balaban J connectivity index is 1.20. The van der Waals surface area contributed by atoms with Crippen molar-refractivity contribution < 1.29 is 4.79 Å². The molecule has 1 atom stereocenters. The summed E-state index contributed by atoms with van der Waals surface area (Å²) in [6, 6.07) is 48.2. The van der Waals surface area contributed by atoms with Gasteiger partial charge in [-0.2, -0.15) is 4.99 Å². The van der Waals surface area contributed by atoms with Gasteiger partial charge in [-0.15, -0.1) is 5.10 Å². The topological polar surface area (TPSA) is 88.6 Å². The monoisotopic (exact) mass is 667 g/mol. The minimum absolute atomic E-state index is 0.0346. The molecule has 1 amide bonds. The van der Waals surface area contributed by atoms with Gasteiger partial charge >= 0.3 is 0 Å². The summed E-state index contributed by atoms with van der Waals surface area (Å²) in [5, 5.41) is 13.8. The quantitative estimate of drug-likeness (QED) is 0.130. The Kier molecular flexibility index (Phi) is 8.72. The summed E-state index contributed by atoms with van der Waals surface area (Å²) in [5.41, 5.74) is 7.16. The summed E-state index contributed by atoms with van der Waals surface area (Å²) < 4.78 is 1.97. The molecule has 250 valence electrons. The number of amides is 1. The Morgan fingerprint density at radius 1 is 0.686 bits per heavy atom. The Hall–Kier alpha value is -6.28. The maximum absolute atomic E-state index is 12.2. The van der Waals surface area contributed by atoms with E-state index < -0.39 is 5.54 Å². The van der Waals surface area contributed by atoms with Gasteiger partial charge in [0.15, 0.2) is 11.7 Å². The Morgan fingerprint density at radius 2 is 1.27 bits per heavy atom. The second-order valence-electron chi connectivity index (χ2n) is 12.8. The number of hydrogen-bond donors (Lipinski definition) is 0. The van der Waals surface area contributed by atoms with Gasteiger partial charge < -0.3 is 4.90 Å². The normalized spacial score (nSPS) is 15.4. The number of benzene rings is 5. The first-order valence-corrected chi connectivity index (χ1v) is 17.5. The van der Waals surface area contributed by atoms with Crippen molar-refractivity contribution in [2.75, 3.05) is 0 Å². The zero-order chi connectivity index (χ0) is 34.6. The Morgan fingerprint density at radius 3 is 1.88 bits per heavy atom. The smallest absolute Gasteiger partial charge is 0.271 e. The summed E-state index contributed by atoms with van der Waals surface area (Å²) in [5.74, 6) is 1.08. The van der Waals surface area contributed by atoms with E-state index in [1.807, 2.05) is 35.0 Å². The van der Waals surface area contributed by atoms with Gasteiger partial charge in [-0.3, -0.25) is 9.79 Å². The van der Waals surface area contributed by atoms with Gasteiger partial charge in [0.2, 0.25) is 0 Å². The van der Waals surface area contributed by atoms with Gasteiger partial charge in [-0.25, -0.2) is 4.68 Å². The van der Waals surface area contributed by atoms with Crippen molar-refractivity contribution in [1.82, 2.24) is 25.1 Å². The first-order chi connectivity index (χ1) is 25.2. The summed E-state index contributed by atoms with van der Waals surface area (Å²) in [7, 11) is 0. The predicted molar refractivity (Wildman–Crippen MR) is 201 cm³/mol. The average Bonchev–Trinajstić information content (AvgIpc) is 3.81. The number of rotatable bonds is 11. The van der Waals surface area contributed by atoms with Crippen molar-refractivity contribution in [1.29, 1.82) is 0 Å². The van der Waals surface area contributed by atoms with E-state index in [9.17, 15) is 4.79 Å². The number of nitrogens with zero attached hydrogens (tertiary/aromatic N) is 7. The van der Waals surface area contributed by atoms with E-state index >= 15 is 0 Å². The first kappa shape index (κ1) is 32.0. The predicted octanol–water partition coefficient (Wildman–Crippen LogP) is 8.12. The molecule has 0 aliphatic carbocycles. The second-order valence-corrected chi connectivity index (χ2v) is 12.8. The molecule has 5 aromatic carbocycles. The molecule has 6 aromatic rings. The molecule has 0 bridgehead atoms. The van der Waals surface area contributed by atoms with Gasteiger partial charge in [0.05, 0.1) is 0 Å². The molecular formula is C43H37N7O. The van der Waals surface area contributed by atoms with Crippen molar-refractivity contribution in [3.8, 4) is 22.5 Å². The van der Waals surface area contributed by atoms with Gasteiger partial charge in [-0.1, -0.05) is 153 Å². The molecule has 0 N–H and O–H groups in total. The number of aromatic nitrogens is 4. The fourth-order valence-electron chi connectivity index (χ4n) is 7.30. The van der Waals surface area contributed by atoms with Crippen molar-refractivity contribution in [2.24, 2.45) is 9.98 Å². The first-order valence-electron chi connectivity index (χ1n) is 17.5. The number of tetrazole rings is 1. The molecule has 8 nitrogen and oxygen atoms in total. The van der Waals surface area contributed by atoms with Crippen LogP contribution in [-0.4, -0.2) is 48.7 Å². The molecule has 2 aliphatic rings. The van der Waals surface area contributed by atoms with Crippen LogP contribution in [0, 0.1) is 0 Å². The summed E-state index contributed by atoms with van der Waals surface area (Å²) >= 11 is 0. The number of carbonyl (C=O) groups is 1. The van der Waals surface area contributed by atoms with E-state index in [-0.39, 0.29) is 12.1 Å². The fourth-order valence-corrected chi connectivity index (χ4v) is 7.30. The van der Waals surface area contributed by atoms with Crippen molar-refractivity contribution in [2.45, 2.75) is 44.4 Å².